The van der Waals surface area contributed by atoms with E-state index in [1.165, 1.54) is 0 Å². The van der Waals surface area contributed by atoms with Gasteiger partial charge in [0.05, 0.1) is 16.4 Å². The van der Waals surface area contributed by atoms with Gasteiger partial charge in [0.1, 0.15) is 11.4 Å². The number of pyridine rings is 1. The first-order valence-electron chi connectivity index (χ1n) is 7.99. The molecular formula is C18H17BrClN3O2. The molecule has 0 atom stereocenters. The summed E-state index contributed by atoms with van der Waals surface area (Å²) in [4.78, 5) is 29.4. The molecule has 5 nitrogen and oxygen atoms in total. The Bertz CT molecular complexity index is 774. The van der Waals surface area contributed by atoms with Crippen molar-refractivity contribution < 1.29 is 9.59 Å². The number of anilines is 2. The van der Waals surface area contributed by atoms with Crippen molar-refractivity contribution in [2.75, 3.05) is 23.3 Å². The molecule has 0 bridgehead atoms. The van der Waals surface area contributed by atoms with E-state index in [-0.39, 0.29) is 11.8 Å². The largest absolute Gasteiger partial charge is 0.371 e. The molecule has 1 aliphatic heterocycles. The lowest BCUT2D eigenvalue weighted by atomic mass is 9.95. The van der Waals surface area contributed by atoms with Gasteiger partial charge in [0, 0.05) is 30.3 Å². The average molecular weight is 423 g/mol. The molecule has 25 heavy (non-hydrogen) atoms. The summed E-state index contributed by atoms with van der Waals surface area (Å²) in [5.74, 6) is -0.0214. The van der Waals surface area contributed by atoms with Gasteiger partial charge in [-0.25, -0.2) is 4.98 Å². The number of halogens is 2. The van der Waals surface area contributed by atoms with Crippen LogP contribution in [0.2, 0.25) is 5.15 Å². The third kappa shape index (κ3) is 4.38. The second-order valence-corrected chi connectivity index (χ2v) is 7.17. The van der Waals surface area contributed by atoms with E-state index in [0.29, 0.717) is 20.9 Å². The van der Waals surface area contributed by atoms with Crippen molar-refractivity contribution in [2.45, 2.75) is 12.8 Å². The molecule has 2 heterocycles. The molecule has 130 valence electrons. The fourth-order valence-electron chi connectivity index (χ4n) is 2.90. The van der Waals surface area contributed by atoms with Crippen LogP contribution in [0.4, 0.5) is 11.4 Å². The van der Waals surface area contributed by atoms with Gasteiger partial charge in [0.15, 0.2) is 0 Å². The highest BCUT2D eigenvalue weighted by atomic mass is 79.9. The molecule has 1 aromatic carbocycles. The van der Waals surface area contributed by atoms with E-state index < -0.39 is 0 Å². The number of amides is 1. The van der Waals surface area contributed by atoms with Crippen LogP contribution >= 0.6 is 27.5 Å². The Hall–Kier alpha value is -1.92. The van der Waals surface area contributed by atoms with Crippen LogP contribution in [0.15, 0.2) is 41.0 Å². The molecule has 0 aliphatic carbocycles. The minimum absolute atomic E-state index is 0.00646. The number of nitrogens with one attached hydrogen (secondary N) is 1. The van der Waals surface area contributed by atoms with Crippen molar-refractivity contribution in [3.05, 3.63) is 51.7 Å². The number of carbonyl (C=O) groups is 2. The normalized spacial score (nSPS) is 15.0. The van der Waals surface area contributed by atoms with E-state index in [2.05, 4.69) is 31.1 Å². The van der Waals surface area contributed by atoms with Crippen LogP contribution in [0.5, 0.6) is 0 Å². The van der Waals surface area contributed by atoms with Gasteiger partial charge in [-0.1, -0.05) is 11.6 Å². The first-order valence-corrected chi connectivity index (χ1v) is 9.16. The van der Waals surface area contributed by atoms with Gasteiger partial charge in [-0.05, 0) is 59.1 Å². The van der Waals surface area contributed by atoms with Crippen molar-refractivity contribution >= 4 is 51.1 Å². The third-order valence-corrected chi connectivity index (χ3v) is 5.46. The number of piperidine rings is 1. The van der Waals surface area contributed by atoms with Crippen LogP contribution < -0.4 is 10.2 Å². The zero-order chi connectivity index (χ0) is 17.8. The Balaban J connectivity index is 1.56. The van der Waals surface area contributed by atoms with Crippen LogP contribution in [0, 0.1) is 5.92 Å². The fourth-order valence-corrected chi connectivity index (χ4v) is 3.35. The highest BCUT2D eigenvalue weighted by Gasteiger charge is 2.25. The zero-order valence-electron chi connectivity index (χ0n) is 13.4. The van der Waals surface area contributed by atoms with Crippen molar-refractivity contribution in [1.29, 1.82) is 0 Å². The molecule has 0 radical (unpaired) electrons. The summed E-state index contributed by atoms with van der Waals surface area (Å²) in [6, 6.07) is 9.26. The Labute approximate surface area is 159 Å². The Morgan fingerprint density at radius 3 is 2.56 bits per heavy atom. The van der Waals surface area contributed by atoms with Crippen molar-refractivity contribution in [1.82, 2.24) is 4.98 Å². The van der Waals surface area contributed by atoms with Crippen molar-refractivity contribution in [3.8, 4) is 0 Å². The van der Waals surface area contributed by atoms with Crippen LogP contribution in [-0.2, 0) is 4.79 Å². The lowest BCUT2D eigenvalue weighted by molar-refractivity contribution is -0.120. The van der Waals surface area contributed by atoms with Gasteiger partial charge in [-0.3, -0.25) is 9.59 Å². The average Bonchev–Trinajstić information content (AvgIpc) is 2.65. The van der Waals surface area contributed by atoms with Gasteiger partial charge >= 0.3 is 0 Å². The second-order valence-electron chi connectivity index (χ2n) is 5.96. The van der Waals surface area contributed by atoms with Crippen LogP contribution in [0.1, 0.15) is 23.2 Å². The summed E-state index contributed by atoms with van der Waals surface area (Å²) in [6.07, 6.45) is 3.95. The van der Waals surface area contributed by atoms with Crippen LogP contribution in [0.3, 0.4) is 0 Å². The van der Waals surface area contributed by atoms with E-state index in [4.69, 9.17) is 11.6 Å². The number of carbonyl (C=O) groups excluding carboxylic acids is 2. The predicted octanol–water partition coefficient (Wildman–Crippen LogP) is 4.17. The molecule has 3 rings (SSSR count). The molecule has 1 fully saturated rings. The fraction of sp³-hybridized carbons (Fsp3) is 0.278. The number of aromatic nitrogens is 1. The summed E-state index contributed by atoms with van der Waals surface area (Å²) >= 11 is 9.17. The number of nitrogens with zero attached hydrogens (tertiary/aromatic N) is 2. The second kappa shape index (κ2) is 7.97. The first-order chi connectivity index (χ1) is 12.1. The molecule has 2 aromatic rings. The summed E-state index contributed by atoms with van der Waals surface area (Å²) in [6.45, 7) is 1.61. The standard InChI is InChI=1S/C18H17BrClN3O2/c19-16-9-14(10-21-17(16)20)22-18(25)13-5-7-23(8-6-13)15-3-1-12(11-24)2-4-15/h1-4,9-11,13H,5-8H2,(H,22,25). The van der Waals surface area contributed by atoms with E-state index in [1.54, 1.807) is 12.3 Å². The lowest BCUT2D eigenvalue weighted by Crippen LogP contribution is -2.38. The maximum atomic E-state index is 12.4. The third-order valence-electron chi connectivity index (χ3n) is 4.32. The maximum Gasteiger partial charge on any atom is 0.227 e. The summed E-state index contributed by atoms with van der Waals surface area (Å²) in [5.41, 5.74) is 2.38. The van der Waals surface area contributed by atoms with Gasteiger partial charge < -0.3 is 10.2 Å². The summed E-state index contributed by atoms with van der Waals surface area (Å²) in [7, 11) is 0. The number of hydrogen-bond acceptors (Lipinski definition) is 4. The molecule has 1 saturated heterocycles. The van der Waals surface area contributed by atoms with E-state index in [1.807, 2.05) is 24.3 Å². The molecule has 1 aromatic heterocycles. The summed E-state index contributed by atoms with van der Waals surface area (Å²) in [5, 5.41) is 3.27. The van der Waals surface area contributed by atoms with E-state index in [0.717, 1.165) is 37.9 Å². The molecular weight excluding hydrogens is 406 g/mol. The smallest absolute Gasteiger partial charge is 0.227 e. The molecule has 1 aliphatic rings. The number of benzene rings is 1. The predicted molar refractivity (Wildman–Crippen MR) is 102 cm³/mol. The maximum absolute atomic E-state index is 12.4. The monoisotopic (exact) mass is 421 g/mol. The SMILES string of the molecule is O=Cc1ccc(N2CCC(C(=O)Nc3cnc(Cl)c(Br)c3)CC2)cc1. The highest BCUT2D eigenvalue weighted by molar-refractivity contribution is 9.10. The number of aldehydes is 1. The lowest BCUT2D eigenvalue weighted by Gasteiger charge is -2.33. The minimum atomic E-state index is -0.0278. The molecule has 0 unspecified atom stereocenters. The van der Waals surface area contributed by atoms with Gasteiger partial charge in [0.2, 0.25) is 5.91 Å². The Kier molecular flexibility index (Phi) is 5.71. The number of hydrogen-bond donors (Lipinski definition) is 1. The van der Waals surface area contributed by atoms with Crippen LogP contribution in [-0.4, -0.2) is 30.3 Å². The highest BCUT2D eigenvalue weighted by Crippen LogP contribution is 2.26. The van der Waals surface area contributed by atoms with Crippen molar-refractivity contribution in [2.24, 2.45) is 5.92 Å². The number of rotatable bonds is 4. The Morgan fingerprint density at radius 1 is 1.28 bits per heavy atom. The van der Waals surface area contributed by atoms with Gasteiger partial charge in [0.25, 0.3) is 0 Å². The molecule has 1 N–H and O–H groups in total. The van der Waals surface area contributed by atoms with Gasteiger partial charge in [-0.2, -0.15) is 0 Å². The zero-order valence-corrected chi connectivity index (χ0v) is 15.8. The van der Waals surface area contributed by atoms with Crippen LogP contribution in [0.25, 0.3) is 0 Å². The molecule has 0 saturated carbocycles. The van der Waals surface area contributed by atoms with E-state index in [9.17, 15) is 9.59 Å². The molecule has 0 spiro atoms. The van der Waals surface area contributed by atoms with Gasteiger partial charge in [-0.15, -0.1) is 0 Å². The van der Waals surface area contributed by atoms with E-state index >= 15 is 0 Å². The minimum Gasteiger partial charge on any atom is -0.371 e. The molecule has 7 heteroatoms. The summed E-state index contributed by atoms with van der Waals surface area (Å²) < 4.78 is 0.653. The van der Waals surface area contributed by atoms with Crippen molar-refractivity contribution in [3.63, 3.8) is 0 Å². The quantitative estimate of drug-likeness (QED) is 0.593. The first kappa shape index (κ1) is 17.9. The topological polar surface area (TPSA) is 62.3 Å². The molecule has 1 amide bonds. The Morgan fingerprint density at radius 2 is 1.96 bits per heavy atom.